The Morgan fingerprint density at radius 2 is 0.977 bits per heavy atom. The molecule has 0 radical (unpaired) electrons. The van der Waals surface area contributed by atoms with Gasteiger partial charge < -0.3 is 40.5 Å². The molecular weight excluding hydrogens is 564 g/mol. The Balaban J connectivity index is 1.60. The van der Waals surface area contributed by atoms with Crippen LogP contribution in [-0.2, 0) is 32.3 Å². The van der Waals surface area contributed by atoms with E-state index >= 15 is 0 Å². The van der Waals surface area contributed by atoms with Crippen LogP contribution < -0.4 is 10.6 Å². The Morgan fingerprint density at radius 3 is 1.32 bits per heavy atom. The van der Waals surface area contributed by atoms with Crippen LogP contribution in [0.1, 0.15) is 22.3 Å². The number of hydrogen-bond donors (Lipinski definition) is 6. The summed E-state index contributed by atoms with van der Waals surface area (Å²) in [6, 6.07) is 26.7. The average Bonchev–Trinajstić information content (AvgIpc) is 3.01. The number of rotatable bonds is 13. The molecule has 4 atom stereocenters. The van der Waals surface area contributed by atoms with Crippen molar-refractivity contribution in [3.05, 3.63) is 119 Å². The minimum atomic E-state index is -1.91. The molecule has 44 heavy (non-hydrogen) atoms. The van der Waals surface area contributed by atoms with Gasteiger partial charge in [-0.25, -0.2) is 0 Å². The summed E-state index contributed by atoms with van der Waals surface area (Å²) in [5.74, 6) is -1.53. The van der Waals surface area contributed by atoms with Crippen molar-refractivity contribution in [1.82, 2.24) is 0 Å². The predicted octanol–water partition coefficient (Wildman–Crippen LogP) is 4.18. The molecule has 0 unspecified atom stereocenters. The van der Waals surface area contributed by atoms with E-state index in [1.165, 1.54) is 36.4 Å². The van der Waals surface area contributed by atoms with Crippen molar-refractivity contribution in [2.24, 2.45) is 0 Å². The Kier molecular flexibility index (Phi) is 11.1. The second kappa shape index (κ2) is 15.1. The lowest BCUT2D eigenvalue weighted by Gasteiger charge is -2.31. The first-order chi connectivity index (χ1) is 21.1. The lowest BCUT2D eigenvalue weighted by molar-refractivity contribution is -0.165. The average molecular weight is 601 g/mol. The first-order valence-corrected chi connectivity index (χ1v) is 14.0. The van der Waals surface area contributed by atoms with Gasteiger partial charge in [-0.3, -0.25) is 9.59 Å². The molecule has 2 amide bonds. The molecule has 4 rings (SSSR count). The van der Waals surface area contributed by atoms with Gasteiger partial charge in [-0.05, 0) is 72.5 Å². The number of aliphatic hydroxyl groups is 2. The standard InChI is InChI=1S/C34H36N2O8/c1-21-17-25(37)13-15-27(21)35-33(41)31(43-19-23-9-5-3-6-10-23)29(39)30(40)32(44-20-24-11-7-4-8-12-24)34(42)36-28-16-14-26(38)18-22(28)2/h3-18,29-32,37-40H,19-20H2,1-2H3,(H,35,41)(H,36,42)/t29-,30-,31-,32-/m1/s1. The van der Waals surface area contributed by atoms with Crippen LogP contribution in [-0.4, -0.2) is 56.7 Å². The third-order valence-corrected chi connectivity index (χ3v) is 6.97. The molecule has 10 nitrogen and oxygen atoms in total. The van der Waals surface area contributed by atoms with Crippen LogP contribution in [0.25, 0.3) is 0 Å². The van der Waals surface area contributed by atoms with E-state index in [0.717, 1.165) is 0 Å². The molecule has 0 aliphatic carbocycles. The number of hydrogen-bond acceptors (Lipinski definition) is 8. The zero-order valence-electron chi connectivity index (χ0n) is 24.4. The smallest absolute Gasteiger partial charge is 0.256 e. The maximum absolute atomic E-state index is 13.5. The first-order valence-electron chi connectivity index (χ1n) is 14.0. The van der Waals surface area contributed by atoms with Crippen molar-refractivity contribution in [2.75, 3.05) is 10.6 Å². The highest BCUT2D eigenvalue weighted by molar-refractivity contribution is 5.97. The van der Waals surface area contributed by atoms with Gasteiger partial charge in [-0.2, -0.15) is 0 Å². The van der Waals surface area contributed by atoms with Gasteiger partial charge in [-0.1, -0.05) is 60.7 Å². The molecule has 0 saturated carbocycles. The highest BCUT2D eigenvalue weighted by atomic mass is 16.5. The number of aliphatic hydroxyl groups excluding tert-OH is 2. The number of carbonyl (C=O) groups excluding carboxylic acids is 2. The maximum atomic E-state index is 13.5. The van der Waals surface area contributed by atoms with Crippen molar-refractivity contribution in [3.8, 4) is 11.5 Å². The van der Waals surface area contributed by atoms with E-state index in [2.05, 4.69) is 10.6 Å². The van der Waals surface area contributed by atoms with Crippen molar-refractivity contribution in [1.29, 1.82) is 0 Å². The van der Waals surface area contributed by atoms with Gasteiger partial charge in [0.25, 0.3) is 11.8 Å². The summed E-state index contributed by atoms with van der Waals surface area (Å²) in [6.07, 6.45) is -7.10. The monoisotopic (exact) mass is 600 g/mol. The molecule has 0 spiro atoms. The summed E-state index contributed by atoms with van der Waals surface area (Å²) in [4.78, 5) is 27.0. The van der Waals surface area contributed by atoms with E-state index in [1.807, 2.05) is 12.1 Å². The largest absolute Gasteiger partial charge is 0.508 e. The van der Waals surface area contributed by atoms with Gasteiger partial charge in [0.2, 0.25) is 0 Å². The summed E-state index contributed by atoms with van der Waals surface area (Å²) in [5, 5.41) is 47.7. The minimum absolute atomic E-state index is 0.0149. The van der Waals surface area contributed by atoms with Crippen molar-refractivity contribution < 1.29 is 39.5 Å². The predicted molar refractivity (Wildman–Crippen MR) is 165 cm³/mol. The van der Waals surface area contributed by atoms with Crippen LogP contribution in [0.4, 0.5) is 11.4 Å². The van der Waals surface area contributed by atoms with E-state index < -0.39 is 36.2 Å². The molecule has 0 aliphatic rings. The molecule has 6 N–H and O–H groups in total. The third-order valence-electron chi connectivity index (χ3n) is 6.97. The van der Waals surface area contributed by atoms with E-state index in [4.69, 9.17) is 9.47 Å². The molecule has 0 heterocycles. The molecule has 230 valence electrons. The maximum Gasteiger partial charge on any atom is 0.256 e. The Morgan fingerprint density at radius 1 is 0.614 bits per heavy atom. The fourth-order valence-electron chi connectivity index (χ4n) is 4.52. The van der Waals surface area contributed by atoms with Crippen LogP contribution in [0.2, 0.25) is 0 Å². The molecule has 10 heteroatoms. The van der Waals surface area contributed by atoms with Gasteiger partial charge in [0.15, 0.2) is 12.2 Å². The zero-order chi connectivity index (χ0) is 31.6. The summed E-state index contributed by atoms with van der Waals surface area (Å²) in [6.45, 7) is 3.21. The highest BCUT2D eigenvalue weighted by Gasteiger charge is 2.41. The van der Waals surface area contributed by atoms with Crippen LogP contribution in [0.15, 0.2) is 97.1 Å². The quantitative estimate of drug-likeness (QED) is 0.125. The number of ether oxygens (including phenoxy) is 2. The van der Waals surface area contributed by atoms with Crippen molar-refractivity contribution in [3.63, 3.8) is 0 Å². The number of amides is 2. The van der Waals surface area contributed by atoms with Gasteiger partial charge in [0.1, 0.15) is 23.7 Å². The van der Waals surface area contributed by atoms with E-state index in [-0.39, 0.29) is 24.7 Å². The van der Waals surface area contributed by atoms with Crippen molar-refractivity contribution >= 4 is 23.2 Å². The number of aryl methyl sites for hydroxylation is 2. The third kappa shape index (κ3) is 8.65. The number of nitrogens with one attached hydrogen (secondary N) is 2. The molecule has 4 aromatic rings. The summed E-state index contributed by atoms with van der Waals surface area (Å²) < 4.78 is 11.7. The first kappa shape index (κ1) is 32.2. The van der Waals surface area contributed by atoms with E-state index in [0.29, 0.717) is 33.6 Å². The number of carbonyl (C=O) groups is 2. The lowest BCUT2D eigenvalue weighted by atomic mass is 10.0. The molecule has 0 bridgehead atoms. The number of anilines is 2. The SMILES string of the molecule is Cc1cc(O)ccc1NC(=O)[C@H](OCc1ccccc1)[C@H](O)[C@@H](O)[C@@H](OCc1ccccc1)C(=O)Nc1ccc(O)cc1C. The minimum Gasteiger partial charge on any atom is -0.508 e. The fourth-order valence-corrected chi connectivity index (χ4v) is 4.52. The molecule has 0 fully saturated rings. The van der Waals surface area contributed by atoms with E-state index in [1.54, 1.807) is 62.4 Å². The molecule has 0 aliphatic heterocycles. The number of benzene rings is 4. The molecule has 4 aromatic carbocycles. The molecular formula is C34H36N2O8. The second-order valence-electron chi connectivity index (χ2n) is 10.4. The zero-order valence-corrected chi connectivity index (χ0v) is 24.4. The van der Waals surface area contributed by atoms with Gasteiger partial charge in [0.05, 0.1) is 13.2 Å². The van der Waals surface area contributed by atoms with Gasteiger partial charge >= 0.3 is 0 Å². The Labute approximate surface area is 255 Å². The topological polar surface area (TPSA) is 158 Å². The number of aromatic hydroxyl groups is 2. The Bertz CT molecular complexity index is 1430. The summed E-state index contributed by atoms with van der Waals surface area (Å²) in [7, 11) is 0. The fraction of sp³-hybridized carbons (Fsp3) is 0.235. The van der Waals surface area contributed by atoms with Crippen LogP contribution in [0.5, 0.6) is 11.5 Å². The number of phenols is 2. The van der Waals surface area contributed by atoms with Crippen molar-refractivity contribution in [2.45, 2.75) is 51.5 Å². The highest BCUT2D eigenvalue weighted by Crippen LogP contribution is 2.24. The second-order valence-corrected chi connectivity index (χ2v) is 10.4. The van der Waals surface area contributed by atoms with E-state index in [9.17, 15) is 30.0 Å². The van der Waals surface area contributed by atoms with Gasteiger partial charge in [0, 0.05) is 11.4 Å². The normalized spacial score (nSPS) is 13.8. The molecule has 0 aromatic heterocycles. The lowest BCUT2D eigenvalue weighted by Crippen LogP contribution is -2.54. The van der Waals surface area contributed by atoms with Crippen LogP contribution in [0, 0.1) is 13.8 Å². The van der Waals surface area contributed by atoms with Gasteiger partial charge in [-0.15, -0.1) is 0 Å². The molecule has 0 saturated heterocycles. The number of phenolic OH excluding ortho intramolecular Hbond substituents is 2. The summed E-state index contributed by atoms with van der Waals surface area (Å²) >= 11 is 0. The summed E-state index contributed by atoms with van der Waals surface area (Å²) in [5.41, 5.74) is 3.27. The Hall–Kier alpha value is -4.74. The van der Waals surface area contributed by atoms with Crippen LogP contribution in [0.3, 0.4) is 0 Å². The van der Waals surface area contributed by atoms with Crippen LogP contribution >= 0.6 is 0 Å².